The van der Waals surface area contributed by atoms with E-state index in [9.17, 15) is 0 Å². The molecule has 5 rings (SSSR count). The molecule has 0 unspecified atom stereocenters. The molecule has 3 heteroatoms. The maximum absolute atomic E-state index is 4.94. The molecule has 0 N–H and O–H groups in total. The summed E-state index contributed by atoms with van der Waals surface area (Å²) in [5, 5.41) is 0. The van der Waals surface area contributed by atoms with Crippen molar-refractivity contribution in [3.8, 4) is 45.3 Å². The molecule has 3 nitrogen and oxygen atoms in total. The van der Waals surface area contributed by atoms with Crippen LogP contribution in [0.25, 0.3) is 51.4 Å². The summed E-state index contributed by atoms with van der Waals surface area (Å²) in [7, 11) is 0. The summed E-state index contributed by atoms with van der Waals surface area (Å²) >= 11 is 0. The van der Waals surface area contributed by atoms with Crippen LogP contribution >= 0.6 is 0 Å². The maximum atomic E-state index is 4.94. The Kier molecular flexibility index (Phi) is 8.93. The van der Waals surface area contributed by atoms with Crippen molar-refractivity contribution in [2.24, 2.45) is 0 Å². The molecule has 0 bridgehead atoms. The first-order chi connectivity index (χ1) is 19.7. The van der Waals surface area contributed by atoms with Crippen molar-refractivity contribution < 1.29 is 0 Å². The van der Waals surface area contributed by atoms with E-state index in [1.54, 1.807) is 0 Å². The summed E-state index contributed by atoms with van der Waals surface area (Å²) in [6.45, 7) is 8.30. The molecule has 0 amide bonds. The summed E-state index contributed by atoms with van der Waals surface area (Å²) < 4.78 is 0. The highest BCUT2D eigenvalue weighted by molar-refractivity contribution is 5.71. The predicted octanol–water partition coefficient (Wildman–Crippen LogP) is 9.87. The van der Waals surface area contributed by atoms with Gasteiger partial charge in [0.25, 0.3) is 0 Å². The van der Waals surface area contributed by atoms with Gasteiger partial charge in [-0.2, -0.15) is 0 Å². The average Bonchev–Trinajstić information content (AvgIpc) is 3.03. The summed E-state index contributed by atoms with van der Waals surface area (Å²) in [4.78, 5) is 14.8. The van der Waals surface area contributed by atoms with Gasteiger partial charge in [-0.25, -0.2) is 15.0 Å². The van der Waals surface area contributed by atoms with Gasteiger partial charge in [0.15, 0.2) is 17.5 Å². The number of unbranched alkanes of at least 4 members (excludes halogenated alkanes) is 2. The molecule has 0 atom stereocenters. The van der Waals surface area contributed by atoms with Crippen LogP contribution in [0, 0.1) is 0 Å². The van der Waals surface area contributed by atoms with Crippen molar-refractivity contribution in [3.63, 3.8) is 0 Å². The van der Waals surface area contributed by atoms with Gasteiger partial charge in [-0.3, -0.25) is 0 Å². The van der Waals surface area contributed by atoms with Crippen LogP contribution in [0.5, 0.6) is 0 Å². The molecule has 0 aliphatic carbocycles. The van der Waals surface area contributed by atoms with Gasteiger partial charge in [0.2, 0.25) is 0 Å². The Bertz CT molecular complexity index is 1460. The van der Waals surface area contributed by atoms with Crippen LogP contribution in [-0.2, 0) is 12.8 Å². The van der Waals surface area contributed by atoms with E-state index in [0.717, 1.165) is 40.7 Å². The highest BCUT2D eigenvalue weighted by atomic mass is 15.0. The van der Waals surface area contributed by atoms with Gasteiger partial charge < -0.3 is 0 Å². The van der Waals surface area contributed by atoms with E-state index in [-0.39, 0.29) is 0 Å². The minimum absolute atomic E-state index is 0.679. The Morgan fingerprint density at radius 2 is 0.800 bits per heavy atom. The summed E-state index contributed by atoms with van der Waals surface area (Å²) in [5.74, 6) is 2.07. The van der Waals surface area contributed by atoms with Crippen LogP contribution in [0.4, 0.5) is 0 Å². The first-order valence-electron chi connectivity index (χ1n) is 14.4. The fourth-order valence-corrected chi connectivity index (χ4v) is 4.79. The molecule has 0 radical (unpaired) electrons. The van der Waals surface area contributed by atoms with Crippen LogP contribution in [0.3, 0.4) is 0 Å². The van der Waals surface area contributed by atoms with Gasteiger partial charge in [-0.15, -0.1) is 0 Å². The molecule has 0 aliphatic heterocycles. The minimum atomic E-state index is 0.679. The summed E-state index contributed by atoms with van der Waals surface area (Å²) in [6, 6.07) is 34.2. The molecule has 4 aromatic carbocycles. The van der Waals surface area contributed by atoms with Crippen LogP contribution < -0.4 is 0 Å². The van der Waals surface area contributed by atoms with Gasteiger partial charge in [-0.1, -0.05) is 136 Å². The molecule has 1 aromatic heterocycles. The third-order valence-electron chi connectivity index (χ3n) is 7.32. The van der Waals surface area contributed by atoms with E-state index in [0.29, 0.717) is 17.5 Å². The van der Waals surface area contributed by atoms with E-state index in [1.807, 2.05) is 6.08 Å². The van der Waals surface area contributed by atoms with Crippen LogP contribution in [0.1, 0.15) is 56.2 Å². The first kappa shape index (κ1) is 27.2. The minimum Gasteiger partial charge on any atom is -0.208 e. The van der Waals surface area contributed by atoms with E-state index in [2.05, 4.69) is 117 Å². The lowest BCUT2D eigenvalue weighted by molar-refractivity contribution is 0.795. The summed E-state index contributed by atoms with van der Waals surface area (Å²) in [6.07, 6.45) is 8.83. The molecule has 0 fully saturated rings. The van der Waals surface area contributed by atoms with Crippen molar-refractivity contribution in [3.05, 3.63) is 120 Å². The lowest BCUT2D eigenvalue weighted by atomic mass is 10.0. The Balaban J connectivity index is 1.51. The monoisotopic (exact) mass is 523 g/mol. The predicted molar refractivity (Wildman–Crippen MR) is 169 cm³/mol. The maximum Gasteiger partial charge on any atom is 0.164 e. The van der Waals surface area contributed by atoms with Gasteiger partial charge in [0, 0.05) is 16.7 Å². The highest BCUT2D eigenvalue weighted by Crippen LogP contribution is 2.28. The van der Waals surface area contributed by atoms with Crippen molar-refractivity contribution in [2.45, 2.75) is 52.4 Å². The van der Waals surface area contributed by atoms with Crippen LogP contribution in [-0.4, -0.2) is 15.0 Å². The Hall–Kier alpha value is -4.37. The zero-order valence-electron chi connectivity index (χ0n) is 23.6. The molecule has 0 aliphatic rings. The number of aromatic nitrogens is 3. The lowest BCUT2D eigenvalue weighted by Gasteiger charge is -2.10. The number of benzene rings is 4. The molecule has 200 valence electrons. The lowest BCUT2D eigenvalue weighted by Crippen LogP contribution is -2.00. The van der Waals surface area contributed by atoms with Gasteiger partial charge >= 0.3 is 0 Å². The van der Waals surface area contributed by atoms with Crippen molar-refractivity contribution >= 4 is 6.08 Å². The second-order valence-electron chi connectivity index (χ2n) is 10.3. The van der Waals surface area contributed by atoms with Crippen LogP contribution in [0.2, 0.25) is 0 Å². The molecular weight excluding hydrogens is 486 g/mol. The number of hydrogen-bond acceptors (Lipinski definition) is 3. The quantitative estimate of drug-likeness (QED) is 0.173. The van der Waals surface area contributed by atoms with E-state index < -0.39 is 0 Å². The summed E-state index contributed by atoms with van der Waals surface area (Å²) in [5.41, 5.74) is 9.10. The number of rotatable bonds is 11. The standard InChI is InChI=1S/C37H37N3/c1-4-7-9-28-13-19-32(20-14-28)35-38-36(33-21-15-29(16-22-33)10-8-5-2)40-37(39-35)34-25-23-31(24-26-34)30-17-11-27(6-3)12-18-30/h6,11-26H,3-5,7-10H2,1-2H3. The number of nitrogens with zero attached hydrogens (tertiary/aromatic N) is 3. The average molecular weight is 524 g/mol. The van der Waals surface area contributed by atoms with Crippen molar-refractivity contribution in [1.82, 2.24) is 15.0 Å². The van der Waals surface area contributed by atoms with Gasteiger partial charge in [0.1, 0.15) is 0 Å². The molecular formula is C37H37N3. The van der Waals surface area contributed by atoms with Crippen LogP contribution in [0.15, 0.2) is 104 Å². The fraction of sp³-hybridized carbons (Fsp3) is 0.216. The Morgan fingerprint density at radius 3 is 1.15 bits per heavy atom. The van der Waals surface area contributed by atoms with E-state index in [1.165, 1.54) is 42.4 Å². The molecule has 0 spiro atoms. The second kappa shape index (κ2) is 13.1. The normalized spacial score (nSPS) is 10.9. The molecule has 5 aromatic rings. The zero-order chi connectivity index (χ0) is 27.7. The molecule has 0 saturated carbocycles. The molecule has 0 saturated heterocycles. The third kappa shape index (κ3) is 6.60. The topological polar surface area (TPSA) is 38.7 Å². The van der Waals surface area contributed by atoms with Gasteiger partial charge in [0.05, 0.1) is 0 Å². The Morgan fingerprint density at radius 1 is 0.475 bits per heavy atom. The largest absolute Gasteiger partial charge is 0.208 e. The van der Waals surface area contributed by atoms with E-state index in [4.69, 9.17) is 15.0 Å². The smallest absolute Gasteiger partial charge is 0.164 e. The van der Waals surface area contributed by atoms with Crippen molar-refractivity contribution in [1.29, 1.82) is 0 Å². The first-order valence-corrected chi connectivity index (χ1v) is 14.4. The second-order valence-corrected chi connectivity index (χ2v) is 10.3. The molecule has 40 heavy (non-hydrogen) atoms. The van der Waals surface area contributed by atoms with Crippen molar-refractivity contribution in [2.75, 3.05) is 0 Å². The zero-order valence-corrected chi connectivity index (χ0v) is 23.6. The Labute approximate surface area is 238 Å². The SMILES string of the molecule is C=Cc1ccc(-c2ccc(-c3nc(-c4ccc(CCCC)cc4)nc(-c4ccc(CCCC)cc4)n3)cc2)cc1. The fourth-order valence-electron chi connectivity index (χ4n) is 4.79. The number of hydrogen-bond donors (Lipinski definition) is 0. The molecule has 1 heterocycles. The highest BCUT2D eigenvalue weighted by Gasteiger charge is 2.13. The number of aryl methyl sites for hydroxylation is 2. The third-order valence-corrected chi connectivity index (χ3v) is 7.32. The van der Waals surface area contributed by atoms with Gasteiger partial charge in [-0.05, 0) is 53.5 Å². The van der Waals surface area contributed by atoms with E-state index >= 15 is 0 Å².